The number of carboxylic acids is 1. The molecule has 0 bridgehead atoms. The Morgan fingerprint density at radius 1 is 1.44 bits per heavy atom. The molecule has 1 aromatic carbocycles. The van der Waals surface area contributed by atoms with Crippen LogP contribution in [0.15, 0.2) is 34.8 Å². The molecule has 0 saturated carbocycles. The highest BCUT2D eigenvalue weighted by Crippen LogP contribution is 2.16. The van der Waals surface area contributed by atoms with Crippen LogP contribution in [0.1, 0.15) is 18.9 Å². The van der Waals surface area contributed by atoms with Crippen molar-refractivity contribution < 1.29 is 14.7 Å². The standard InChI is InChI=1S/C13H14BrNO3/c1-2-11(13(17)18)15-12(16)8-7-9-5-3-4-6-10(9)14/h3-8,11H,2H2,1H3,(H,15,16)(H,17,18)/b8-7+. The third-order valence-electron chi connectivity index (χ3n) is 2.34. The number of halogens is 1. The molecule has 0 aliphatic rings. The molecule has 1 atom stereocenters. The van der Waals surface area contributed by atoms with Crippen molar-refractivity contribution in [2.45, 2.75) is 19.4 Å². The van der Waals surface area contributed by atoms with Crippen LogP contribution in [0.4, 0.5) is 0 Å². The van der Waals surface area contributed by atoms with Gasteiger partial charge in [0, 0.05) is 10.5 Å². The van der Waals surface area contributed by atoms with Crippen molar-refractivity contribution in [2.75, 3.05) is 0 Å². The monoisotopic (exact) mass is 311 g/mol. The number of aliphatic carboxylic acids is 1. The molecule has 2 N–H and O–H groups in total. The van der Waals surface area contributed by atoms with E-state index >= 15 is 0 Å². The highest BCUT2D eigenvalue weighted by atomic mass is 79.9. The van der Waals surface area contributed by atoms with Gasteiger partial charge >= 0.3 is 5.97 Å². The van der Waals surface area contributed by atoms with Crippen molar-refractivity contribution in [2.24, 2.45) is 0 Å². The third kappa shape index (κ3) is 4.33. The van der Waals surface area contributed by atoms with Crippen LogP contribution in [-0.2, 0) is 9.59 Å². The molecule has 0 radical (unpaired) electrons. The number of nitrogens with one attached hydrogen (secondary N) is 1. The first kappa shape index (κ1) is 14.4. The molecule has 18 heavy (non-hydrogen) atoms. The van der Waals surface area contributed by atoms with E-state index in [-0.39, 0.29) is 0 Å². The number of carboxylic acid groups (broad SMARTS) is 1. The summed E-state index contributed by atoms with van der Waals surface area (Å²) in [5.74, 6) is -1.44. The molecule has 96 valence electrons. The molecule has 5 heteroatoms. The lowest BCUT2D eigenvalue weighted by Crippen LogP contribution is -2.39. The number of hydrogen-bond donors (Lipinski definition) is 2. The number of carbonyl (C=O) groups excluding carboxylic acids is 1. The second-order valence-electron chi connectivity index (χ2n) is 3.66. The molecule has 0 fully saturated rings. The minimum atomic E-state index is -1.03. The molecule has 0 aliphatic heterocycles. The van der Waals surface area contributed by atoms with Gasteiger partial charge in [0.05, 0.1) is 0 Å². The van der Waals surface area contributed by atoms with E-state index in [1.807, 2.05) is 24.3 Å². The second kappa shape index (κ2) is 6.96. The molecule has 0 aliphatic carbocycles. The third-order valence-corrected chi connectivity index (χ3v) is 3.06. The van der Waals surface area contributed by atoms with E-state index in [4.69, 9.17) is 5.11 Å². The zero-order valence-electron chi connectivity index (χ0n) is 9.89. The van der Waals surface area contributed by atoms with E-state index in [2.05, 4.69) is 21.2 Å². The molecule has 1 rings (SSSR count). The van der Waals surface area contributed by atoms with Gasteiger partial charge in [0.15, 0.2) is 0 Å². The van der Waals surface area contributed by atoms with Gasteiger partial charge in [0.2, 0.25) is 5.91 Å². The Hall–Kier alpha value is -1.62. The van der Waals surface area contributed by atoms with Gasteiger partial charge in [-0.05, 0) is 24.1 Å². The van der Waals surface area contributed by atoms with Crippen LogP contribution in [0, 0.1) is 0 Å². The average Bonchev–Trinajstić information content (AvgIpc) is 2.34. The van der Waals surface area contributed by atoms with Gasteiger partial charge in [-0.25, -0.2) is 4.79 Å². The maximum Gasteiger partial charge on any atom is 0.326 e. The summed E-state index contributed by atoms with van der Waals surface area (Å²) >= 11 is 3.36. The zero-order valence-corrected chi connectivity index (χ0v) is 11.5. The van der Waals surface area contributed by atoms with Crippen molar-refractivity contribution in [3.8, 4) is 0 Å². The summed E-state index contributed by atoms with van der Waals surface area (Å²) in [6.07, 6.45) is 3.31. The first-order valence-electron chi connectivity index (χ1n) is 5.50. The number of hydrogen-bond acceptors (Lipinski definition) is 2. The van der Waals surface area contributed by atoms with Crippen molar-refractivity contribution in [1.82, 2.24) is 5.32 Å². The summed E-state index contributed by atoms with van der Waals surface area (Å²) in [6.45, 7) is 1.70. The van der Waals surface area contributed by atoms with Crippen LogP contribution >= 0.6 is 15.9 Å². The molecule has 1 aromatic rings. The molecule has 0 aromatic heterocycles. The summed E-state index contributed by atoms with van der Waals surface area (Å²) in [7, 11) is 0. The lowest BCUT2D eigenvalue weighted by molar-refractivity contribution is -0.141. The number of carbonyl (C=O) groups is 2. The molecular weight excluding hydrogens is 298 g/mol. The van der Waals surface area contributed by atoms with E-state index in [1.54, 1.807) is 13.0 Å². The smallest absolute Gasteiger partial charge is 0.326 e. The van der Waals surface area contributed by atoms with Crippen molar-refractivity contribution in [3.05, 3.63) is 40.4 Å². The summed E-state index contributed by atoms with van der Waals surface area (Å²) < 4.78 is 0.874. The minimum Gasteiger partial charge on any atom is -0.480 e. The minimum absolute atomic E-state index is 0.351. The highest BCUT2D eigenvalue weighted by molar-refractivity contribution is 9.10. The van der Waals surface area contributed by atoms with Crippen molar-refractivity contribution in [1.29, 1.82) is 0 Å². The lowest BCUT2D eigenvalue weighted by Gasteiger charge is -2.09. The maximum atomic E-state index is 11.5. The Kier molecular flexibility index (Phi) is 5.58. The largest absolute Gasteiger partial charge is 0.480 e. The fourth-order valence-corrected chi connectivity index (χ4v) is 1.75. The summed E-state index contributed by atoms with van der Waals surface area (Å²) in [4.78, 5) is 22.3. The first-order chi connectivity index (χ1) is 8.54. The topological polar surface area (TPSA) is 66.4 Å². The van der Waals surface area contributed by atoms with E-state index in [1.165, 1.54) is 6.08 Å². The summed E-state index contributed by atoms with van der Waals surface area (Å²) in [5, 5.41) is 11.2. The maximum absolute atomic E-state index is 11.5. The number of benzene rings is 1. The quantitative estimate of drug-likeness (QED) is 0.821. The first-order valence-corrected chi connectivity index (χ1v) is 6.29. The Bertz CT molecular complexity index is 471. The summed E-state index contributed by atoms with van der Waals surface area (Å²) in [5.41, 5.74) is 0.857. The van der Waals surface area contributed by atoms with Crippen molar-refractivity contribution >= 4 is 33.9 Å². The van der Waals surface area contributed by atoms with E-state index in [0.29, 0.717) is 6.42 Å². The molecule has 0 spiro atoms. The van der Waals surface area contributed by atoms with Gasteiger partial charge in [-0.1, -0.05) is 41.1 Å². The SMILES string of the molecule is CCC(NC(=O)/C=C/c1ccccc1Br)C(=O)O. The zero-order chi connectivity index (χ0) is 13.5. The van der Waals surface area contributed by atoms with E-state index < -0.39 is 17.9 Å². The Labute approximate surface area is 114 Å². The summed E-state index contributed by atoms with van der Waals surface area (Å²) in [6, 6.07) is 6.60. The lowest BCUT2D eigenvalue weighted by atomic mass is 10.2. The fourth-order valence-electron chi connectivity index (χ4n) is 1.33. The van der Waals surface area contributed by atoms with Gasteiger partial charge in [0.1, 0.15) is 6.04 Å². The van der Waals surface area contributed by atoms with Gasteiger partial charge in [-0.2, -0.15) is 0 Å². The Morgan fingerprint density at radius 2 is 2.11 bits per heavy atom. The van der Waals surface area contributed by atoms with Gasteiger partial charge in [0.25, 0.3) is 0 Å². The van der Waals surface area contributed by atoms with Crippen LogP contribution in [0.5, 0.6) is 0 Å². The van der Waals surface area contributed by atoms with Crippen molar-refractivity contribution in [3.63, 3.8) is 0 Å². The van der Waals surface area contributed by atoms with Gasteiger partial charge < -0.3 is 10.4 Å². The van der Waals surface area contributed by atoms with Crippen LogP contribution < -0.4 is 5.32 Å². The Balaban J connectivity index is 2.65. The van der Waals surface area contributed by atoms with E-state index in [9.17, 15) is 9.59 Å². The Morgan fingerprint density at radius 3 is 2.67 bits per heavy atom. The van der Waals surface area contributed by atoms with Gasteiger partial charge in [-0.15, -0.1) is 0 Å². The fraction of sp³-hybridized carbons (Fsp3) is 0.231. The molecule has 0 heterocycles. The molecule has 4 nitrogen and oxygen atoms in total. The second-order valence-corrected chi connectivity index (χ2v) is 4.52. The predicted octanol–water partition coefficient (Wildman–Crippen LogP) is 2.44. The van der Waals surface area contributed by atoms with Crippen LogP contribution in [0.25, 0.3) is 6.08 Å². The molecular formula is C13H14BrNO3. The molecule has 0 saturated heterocycles. The predicted molar refractivity (Wildman–Crippen MR) is 73.0 cm³/mol. The van der Waals surface area contributed by atoms with Crippen LogP contribution in [0.3, 0.4) is 0 Å². The highest BCUT2D eigenvalue weighted by Gasteiger charge is 2.15. The number of rotatable bonds is 5. The number of amides is 1. The van der Waals surface area contributed by atoms with Crippen LogP contribution in [0.2, 0.25) is 0 Å². The molecule has 1 unspecified atom stereocenters. The molecule has 1 amide bonds. The van der Waals surface area contributed by atoms with Gasteiger partial charge in [-0.3, -0.25) is 4.79 Å². The van der Waals surface area contributed by atoms with Crippen LogP contribution in [-0.4, -0.2) is 23.0 Å². The normalized spacial score (nSPS) is 12.3. The van der Waals surface area contributed by atoms with E-state index in [0.717, 1.165) is 10.0 Å². The average molecular weight is 312 g/mol.